The molecule has 100 valence electrons. The maximum atomic E-state index is 13.4. The first kappa shape index (κ1) is 12.3. The maximum Gasteiger partial charge on any atom is 0.291 e. The summed E-state index contributed by atoms with van der Waals surface area (Å²) < 4.78 is 31.6. The van der Waals surface area contributed by atoms with Crippen molar-refractivity contribution in [3.8, 4) is 0 Å². The van der Waals surface area contributed by atoms with Crippen molar-refractivity contribution in [2.45, 2.75) is 0 Å². The Bertz CT molecular complexity index is 762. The quantitative estimate of drug-likeness (QED) is 0.767. The summed E-state index contributed by atoms with van der Waals surface area (Å²) in [5.41, 5.74) is 0.467. The van der Waals surface area contributed by atoms with E-state index in [1.807, 2.05) is 6.07 Å². The highest BCUT2D eigenvalue weighted by atomic mass is 19.1. The summed E-state index contributed by atoms with van der Waals surface area (Å²) in [6.45, 7) is 0. The second kappa shape index (κ2) is 4.77. The van der Waals surface area contributed by atoms with Crippen LogP contribution < -0.4 is 5.32 Å². The van der Waals surface area contributed by atoms with Crippen LogP contribution >= 0.6 is 0 Å². The van der Waals surface area contributed by atoms with Gasteiger partial charge in [0, 0.05) is 11.5 Å². The number of nitrogens with one attached hydrogen (secondary N) is 1. The van der Waals surface area contributed by atoms with Crippen molar-refractivity contribution in [1.82, 2.24) is 0 Å². The van der Waals surface area contributed by atoms with E-state index >= 15 is 0 Å². The van der Waals surface area contributed by atoms with E-state index in [-0.39, 0.29) is 11.4 Å². The molecule has 0 spiro atoms. The normalized spacial score (nSPS) is 10.7. The van der Waals surface area contributed by atoms with E-state index in [9.17, 15) is 13.6 Å². The Labute approximate surface area is 112 Å². The van der Waals surface area contributed by atoms with Crippen LogP contribution in [0.3, 0.4) is 0 Å². The van der Waals surface area contributed by atoms with Crippen molar-refractivity contribution in [3.63, 3.8) is 0 Å². The molecule has 3 rings (SSSR count). The van der Waals surface area contributed by atoms with Gasteiger partial charge in [0.1, 0.15) is 17.2 Å². The summed E-state index contributed by atoms with van der Waals surface area (Å²) in [5.74, 6) is -2.07. The molecule has 0 saturated carbocycles. The minimum atomic E-state index is -0.838. The molecule has 1 aromatic heterocycles. The zero-order valence-electron chi connectivity index (χ0n) is 10.2. The van der Waals surface area contributed by atoms with Gasteiger partial charge in [-0.1, -0.05) is 18.2 Å². The predicted octanol–water partition coefficient (Wildman–Crippen LogP) is 3.96. The van der Waals surface area contributed by atoms with E-state index < -0.39 is 17.5 Å². The number of anilines is 1. The van der Waals surface area contributed by atoms with Crippen LogP contribution in [0, 0.1) is 11.6 Å². The first-order valence-corrected chi connectivity index (χ1v) is 5.88. The minimum Gasteiger partial charge on any atom is -0.451 e. The molecule has 0 bridgehead atoms. The molecule has 0 atom stereocenters. The topological polar surface area (TPSA) is 42.2 Å². The van der Waals surface area contributed by atoms with Gasteiger partial charge in [0.15, 0.2) is 5.76 Å². The third kappa shape index (κ3) is 2.25. The van der Waals surface area contributed by atoms with Crippen LogP contribution in [-0.4, -0.2) is 5.91 Å². The largest absolute Gasteiger partial charge is 0.451 e. The maximum absolute atomic E-state index is 13.4. The average Bonchev–Trinajstić information content (AvgIpc) is 2.86. The third-order valence-electron chi connectivity index (χ3n) is 2.83. The van der Waals surface area contributed by atoms with Gasteiger partial charge in [0.05, 0.1) is 5.69 Å². The number of para-hydroxylation sites is 1. The van der Waals surface area contributed by atoms with Crippen LogP contribution in [-0.2, 0) is 0 Å². The lowest BCUT2D eigenvalue weighted by Crippen LogP contribution is -2.12. The number of hydrogen-bond donors (Lipinski definition) is 1. The Morgan fingerprint density at radius 2 is 1.85 bits per heavy atom. The number of rotatable bonds is 2. The van der Waals surface area contributed by atoms with E-state index in [4.69, 9.17) is 4.42 Å². The average molecular weight is 273 g/mol. The zero-order valence-corrected chi connectivity index (χ0v) is 10.2. The number of carbonyl (C=O) groups excluding carboxylic acids is 1. The number of halogens is 2. The molecule has 20 heavy (non-hydrogen) atoms. The van der Waals surface area contributed by atoms with Crippen LogP contribution in [0.15, 0.2) is 52.9 Å². The van der Waals surface area contributed by atoms with Crippen molar-refractivity contribution < 1.29 is 18.0 Å². The van der Waals surface area contributed by atoms with E-state index in [1.54, 1.807) is 24.3 Å². The molecule has 0 radical (unpaired) electrons. The van der Waals surface area contributed by atoms with Crippen molar-refractivity contribution in [1.29, 1.82) is 0 Å². The Kier molecular flexibility index (Phi) is 2.95. The summed E-state index contributed by atoms with van der Waals surface area (Å²) >= 11 is 0. The smallest absolute Gasteiger partial charge is 0.291 e. The van der Waals surface area contributed by atoms with Gasteiger partial charge >= 0.3 is 0 Å². The lowest BCUT2D eigenvalue weighted by molar-refractivity contribution is 0.0998. The number of hydrogen-bond acceptors (Lipinski definition) is 2. The highest BCUT2D eigenvalue weighted by molar-refractivity contribution is 6.04. The minimum absolute atomic E-state index is 0.0647. The molecule has 3 nitrogen and oxygen atoms in total. The molecule has 0 saturated heterocycles. The lowest BCUT2D eigenvalue weighted by atomic mass is 10.2. The van der Waals surface area contributed by atoms with Crippen molar-refractivity contribution in [2.24, 2.45) is 0 Å². The van der Waals surface area contributed by atoms with Crippen LogP contribution in [0.2, 0.25) is 0 Å². The molecule has 2 aromatic carbocycles. The molecule has 0 fully saturated rings. The summed E-state index contributed by atoms with van der Waals surface area (Å²) in [7, 11) is 0. The van der Waals surface area contributed by atoms with Crippen molar-refractivity contribution >= 4 is 22.6 Å². The van der Waals surface area contributed by atoms with Gasteiger partial charge in [0.25, 0.3) is 5.91 Å². The van der Waals surface area contributed by atoms with E-state index in [2.05, 4.69) is 5.32 Å². The van der Waals surface area contributed by atoms with Crippen LogP contribution in [0.1, 0.15) is 10.6 Å². The molecule has 1 amide bonds. The Morgan fingerprint density at radius 3 is 2.60 bits per heavy atom. The monoisotopic (exact) mass is 273 g/mol. The number of amides is 1. The fraction of sp³-hybridized carbons (Fsp3) is 0. The molecule has 1 N–H and O–H groups in total. The molecular formula is C15H9F2NO2. The molecule has 0 unspecified atom stereocenters. The summed E-state index contributed by atoms with van der Waals surface area (Å²) in [5, 5.41) is 3.12. The highest BCUT2D eigenvalue weighted by Gasteiger charge is 2.14. The fourth-order valence-corrected chi connectivity index (χ4v) is 1.87. The van der Waals surface area contributed by atoms with Crippen LogP contribution in [0.4, 0.5) is 14.5 Å². The highest BCUT2D eigenvalue weighted by Crippen LogP contribution is 2.21. The SMILES string of the molecule is O=C(Nc1ccc(F)cc1F)c1cc2ccccc2o1. The van der Waals surface area contributed by atoms with Gasteiger partial charge in [-0.05, 0) is 24.3 Å². The van der Waals surface area contributed by atoms with Gasteiger partial charge in [-0.2, -0.15) is 0 Å². The van der Waals surface area contributed by atoms with Gasteiger partial charge in [-0.3, -0.25) is 4.79 Å². The first-order valence-electron chi connectivity index (χ1n) is 5.88. The van der Waals surface area contributed by atoms with E-state index in [0.29, 0.717) is 11.6 Å². The zero-order chi connectivity index (χ0) is 14.1. The number of furan rings is 1. The lowest BCUT2D eigenvalue weighted by Gasteiger charge is -2.04. The molecule has 5 heteroatoms. The van der Waals surface area contributed by atoms with E-state index in [0.717, 1.165) is 17.5 Å². The number of carbonyl (C=O) groups is 1. The molecule has 3 aromatic rings. The van der Waals surface area contributed by atoms with Gasteiger partial charge in [-0.25, -0.2) is 8.78 Å². The van der Waals surface area contributed by atoms with E-state index in [1.165, 1.54) is 0 Å². The Morgan fingerprint density at radius 1 is 1.05 bits per heavy atom. The van der Waals surface area contributed by atoms with Gasteiger partial charge in [-0.15, -0.1) is 0 Å². The molecule has 1 heterocycles. The Balaban J connectivity index is 1.89. The molecular weight excluding hydrogens is 264 g/mol. The second-order valence-corrected chi connectivity index (χ2v) is 4.23. The summed E-state index contributed by atoms with van der Waals surface area (Å²) in [4.78, 5) is 12.0. The number of benzene rings is 2. The molecule has 0 aliphatic carbocycles. The fourth-order valence-electron chi connectivity index (χ4n) is 1.87. The summed E-state index contributed by atoms with van der Waals surface area (Å²) in [6.07, 6.45) is 0. The van der Waals surface area contributed by atoms with Crippen molar-refractivity contribution in [3.05, 3.63) is 65.9 Å². The molecule has 0 aliphatic heterocycles. The van der Waals surface area contributed by atoms with Crippen LogP contribution in [0.5, 0.6) is 0 Å². The number of fused-ring (bicyclic) bond motifs is 1. The van der Waals surface area contributed by atoms with Crippen LogP contribution in [0.25, 0.3) is 11.0 Å². The first-order chi connectivity index (χ1) is 9.63. The predicted molar refractivity (Wildman–Crippen MR) is 70.5 cm³/mol. The standard InChI is InChI=1S/C15H9F2NO2/c16-10-5-6-12(11(17)8-10)18-15(19)14-7-9-3-1-2-4-13(9)20-14/h1-8H,(H,18,19). The van der Waals surface area contributed by atoms with Gasteiger partial charge < -0.3 is 9.73 Å². The van der Waals surface area contributed by atoms with Gasteiger partial charge in [0.2, 0.25) is 0 Å². The molecule has 0 aliphatic rings. The second-order valence-electron chi connectivity index (χ2n) is 4.23. The third-order valence-corrected chi connectivity index (χ3v) is 2.83. The van der Waals surface area contributed by atoms with Crippen molar-refractivity contribution in [2.75, 3.05) is 5.32 Å². The summed E-state index contributed by atoms with van der Waals surface area (Å²) in [6, 6.07) is 11.6. The Hall–Kier alpha value is -2.69.